The molecular weight excluding hydrogens is 437 g/mol. The Morgan fingerprint density at radius 2 is 1.69 bits per heavy atom. The van der Waals surface area contributed by atoms with Gasteiger partial charge in [-0.05, 0) is 44.2 Å². The van der Waals surface area contributed by atoms with E-state index in [0.29, 0.717) is 21.7 Å². The van der Waals surface area contributed by atoms with E-state index in [0.717, 1.165) is 4.47 Å². The van der Waals surface area contributed by atoms with E-state index in [1.54, 1.807) is 30.6 Å². The SMILES string of the molecule is CC1C(=O)N(c2cc(Cl)cc(Cl)c2)c2nccn21.Cc1ccc(Br)cc1. The van der Waals surface area contributed by atoms with Crippen LogP contribution in [0.4, 0.5) is 11.6 Å². The lowest BCUT2D eigenvalue weighted by atomic mass is 10.2. The standard InChI is InChI=1S/C12H9Cl2N3O.C7H7Br/c1-7-11(18)17(12-15-2-3-16(7)12)10-5-8(13)4-9(14)6-10;1-6-2-4-7(8)5-3-6/h2-7H,1H3;2-5H,1H3. The monoisotopic (exact) mass is 451 g/mol. The molecule has 0 aliphatic carbocycles. The molecular formula is C19H16BrCl2N3O. The first-order valence-electron chi connectivity index (χ1n) is 7.92. The van der Waals surface area contributed by atoms with Gasteiger partial charge in [-0.1, -0.05) is 56.8 Å². The molecule has 0 N–H and O–H groups in total. The summed E-state index contributed by atoms with van der Waals surface area (Å²) in [6.07, 6.45) is 3.45. The van der Waals surface area contributed by atoms with Crippen LogP contribution >= 0.6 is 39.1 Å². The fourth-order valence-corrected chi connectivity index (χ4v) is 3.41. The lowest BCUT2D eigenvalue weighted by molar-refractivity contribution is -0.119. The van der Waals surface area contributed by atoms with Gasteiger partial charge in [-0.2, -0.15) is 0 Å². The Balaban J connectivity index is 0.000000206. The molecule has 1 atom stereocenters. The number of fused-ring (bicyclic) bond motifs is 1. The molecule has 1 amide bonds. The first-order chi connectivity index (χ1) is 12.4. The van der Waals surface area contributed by atoms with Crippen LogP contribution in [-0.4, -0.2) is 15.5 Å². The number of carbonyl (C=O) groups is 1. The molecule has 0 radical (unpaired) electrons. The van der Waals surface area contributed by atoms with Gasteiger partial charge in [-0.3, -0.25) is 4.79 Å². The van der Waals surface area contributed by atoms with Gasteiger partial charge in [0.25, 0.3) is 5.91 Å². The van der Waals surface area contributed by atoms with Gasteiger partial charge in [0.15, 0.2) is 0 Å². The van der Waals surface area contributed by atoms with Crippen molar-refractivity contribution in [1.29, 1.82) is 0 Å². The van der Waals surface area contributed by atoms with Crippen LogP contribution < -0.4 is 4.90 Å². The van der Waals surface area contributed by atoms with Gasteiger partial charge < -0.3 is 4.57 Å². The zero-order valence-electron chi connectivity index (χ0n) is 14.2. The number of aromatic nitrogens is 2. The molecule has 0 saturated carbocycles. The number of nitrogens with zero attached hydrogens (tertiary/aromatic N) is 3. The molecule has 4 nitrogen and oxygen atoms in total. The zero-order valence-corrected chi connectivity index (χ0v) is 17.3. The number of benzene rings is 2. The highest BCUT2D eigenvalue weighted by Crippen LogP contribution is 2.37. The Kier molecular flexibility index (Phi) is 5.70. The largest absolute Gasteiger partial charge is 0.304 e. The number of anilines is 2. The summed E-state index contributed by atoms with van der Waals surface area (Å²) in [6, 6.07) is 13.0. The van der Waals surface area contributed by atoms with Crippen molar-refractivity contribution < 1.29 is 4.79 Å². The highest BCUT2D eigenvalue weighted by Gasteiger charge is 2.36. The fourth-order valence-electron chi connectivity index (χ4n) is 2.63. The molecule has 0 saturated heterocycles. The topological polar surface area (TPSA) is 38.1 Å². The van der Waals surface area contributed by atoms with Crippen molar-refractivity contribution in [3.05, 3.63) is 74.9 Å². The summed E-state index contributed by atoms with van der Waals surface area (Å²) < 4.78 is 2.96. The second kappa shape index (κ2) is 7.82. The molecule has 1 aliphatic rings. The minimum atomic E-state index is -0.264. The highest BCUT2D eigenvalue weighted by molar-refractivity contribution is 9.10. The molecule has 2 heterocycles. The van der Waals surface area contributed by atoms with Crippen molar-refractivity contribution >= 4 is 56.7 Å². The average molecular weight is 453 g/mol. The van der Waals surface area contributed by atoms with Crippen LogP contribution in [0.2, 0.25) is 10.0 Å². The van der Waals surface area contributed by atoms with Crippen molar-refractivity contribution in [2.45, 2.75) is 19.9 Å². The highest BCUT2D eigenvalue weighted by atomic mass is 79.9. The third-order valence-corrected chi connectivity index (χ3v) is 4.92. The minimum absolute atomic E-state index is 0.0450. The van der Waals surface area contributed by atoms with E-state index in [-0.39, 0.29) is 11.9 Å². The molecule has 0 bridgehead atoms. The third-order valence-electron chi connectivity index (χ3n) is 3.96. The fraction of sp³-hybridized carbons (Fsp3) is 0.158. The van der Waals surface area contributed by atoms with E-state index in [9.17, 15) is 4.79 Å². The van der Waals surface area contributed by atoms with Crippen LogP contribution in [0.25, 0.3) is 0 Å². The van der Waals surface area contributed by atoms with E-state index < -0.39 is 0 Å². The number of amides is 1. The van der Waals surface area contributed by atoms with E-state index >= 15 is 0 Å². The molecule has 134 valence electrons. The van der Waals surface area contributed by atoms with Crippen LogP contribution in [0, 0.1) is 6.92 Å². The summed E-state index contributed by atoms with van der Waals surface area (Å²) in [6.45, 7) is 3.91. The molecule has 0 fully saturated rings. The van der Waals surface area contributed by atoms with E-state index in [4.69, 9.17) is 23.2 Å². The minimum Gasteiger partial charge on any atom is -0.304 e. The quantitative estimate of drug-likeness (QED) is 0.441. The lowest BCUT2D eigenvalue weighted by Crippen LogP contribution is -2.23. The Morgan fingerprint density at radius 1 is 1.08 bits per heavy atom. The number of rotatable bonds is 1. The van der Waals surface area contributed by atoms with Crippen LogP contribution in [0.3, 0.4) is 0 Å². The Hall–Kier alpha value is -1.82. The second-order valence-electron chi connectivity index (χ2n) is 5.91. The van der Waals surface area contributed by atoms with Gasteiger partial charge in [0, 0.05) is 26.9 Å². The van der Waals surface area contributed by atoms with Gasteiger partial charge in [-0.25, -0.2) is 9.88 Å². The molecule has 1 unspecified atom stereocenters. The maximum absolute atomic E-state index is 12.2. The van der Waals surface area contributed by atoms with Crippen LogP contribution in [0.5, 0.6) is 0 Å². The molecule has 3 aromatic rings. The average Bonchev–Trinajstić information content (AvgIpc) is 3.13. The maximum atomic E-state index is 12.2. The first kappa shape index (κ1) is 19.0. The molecule has 0 spiro atoms. The Labute approximate surface area is 170 Å². The predicted molar refractivity (Wildman–Crippen MR) is 109 cm³/mol. The summed E-state index contributed by atoms with van der Waals surface area (Å²) in [4.78, 5) is 18.0. The first-order valence-corrected chi connectivity index (χ1v) is 9.47. The van der Waals surface area contributed by atoms with Crippen LogP contribution in [-0.2, 0) is 4.79 Å². The number of halogens is 3. The van der Waals surface area contributed by atoms with Crippen LogP contribution in [0.1, 0.15) is 18.5 Å². The molecule has 26 heavy (non-hydrogen) atoms. The predicted octanol–water partition coefficient (Wildman–Crippen LogP) is 6.19. The summed E-state index contributed by atoms with van der Waals surface area (Å²) in [5.41, 5.74) is 1.93. The lowest BCUT2D eigenvalue weighted by Gasteiger charge is -2.15. The van der Waals surface area contributed by atoms with Gasteiger partial charge in [0.2, 0.25) is 5.95 Å². The molecule has 1 aliphatic heterocycles. The zero-order chi connectivity index (χ0) is 18.8. The molecule has 4 rings (SSSR count). The molecule has 2 aromatic carbocycles. The van der Waals surface area contributed by atoms with Crippen molar-refractivity contribution in [3.8, 4) is 0 Å². The third kappa shape index (κ3) is 3.95. The van der Waals surface area contributed by atoms with Crippen molar-refractivity contribution in [1.82, 2.24) is 9.55 Å². The van der Waals surface area contributed by atoms with E-state index in [1.807, 2.05) is 23.6 Å². The number of carbonyl (C=O) groups excluding carboxylic acids is 1. The normalized spacial score (nSPS) is 15.5. The summed E-state index contributed by atoms with van der Waals surface area (Å²) >= 11 is 15.3. The Morgan fingerprint density at radius 3 is 2.27 bits per heavy atom. The number of aryl methyl sites for hydroxylation is 1. The van der Waals surface area contributed by atoms with Gasteiger partial charge in [-0.15, -0.1) is 0 Å². The second-order valence-corrected chi connectivity index (χ2v) is 7.70. The van der Waals surface area contributed by atoms with Gasteiger partial charge in [0.05, 0.1) is 5.69 Å². The van der Waals surface area contributed by atoms with Crippen molar-refractivity contribution in [3.63, 3.8) is 0 Å². The van der Waals surface area contributed by atoms with Crippen LogP contribution in [0.15, 0.2) is 59.3 Å². The number of hydrogen-bond acceptors (Lipinski definition) is 2. The van der Waals surface area contributed by atoms with Crippen molar-refractivity contribution in [2.24, 2.45) is 0 Å². The van der Waals surface area contributed by atoms with E-state index in [1.165, 1.54) is 10.5 Å². The summed E-state index contributed by atoms with van der Waals surface area (Å²) in [7, 11) is 0. The van der Waals surface area contributed by atoms with Crippen molar-refractivity contribution in [2.75, 3.05) is 4.90 Å². The molecule has 7 heteroatoms. The maximum Gasteiger partial charge on any atom is 0.256 e. The number of imidazole rings is 1. The smallest absolute Gasteiger partial charge is 0.256 e. The van der Waals surface area contributed by atoms with Gasteiger partial charge in [0.1, 0.15) is 6.04 Å². The molecule has 1 aromatic heterocycles. The summed E-state index contributed by atoms with van der Waals surface area (Å²) in [5, 5.41) is 0.978. The number of hydrogen-bond donors (Lipinski definition) is 0. The van der Waals surface area contributed by atoms with E-state index in [2.05, 4.69) is 40.0 Å². The van der Waals surface area contributed by atoms with Gasteiger partial charge >= 0.3 is 0 Å². The summed E-state index contributed by atoms with van der Waals surface area (Å²) in [5.74, 6) is 0.544. The Bertz CT molecular complexity index is 899.